The monoisotopic (exact) mass is 452 g/mol. The predicted octanol–water partition coefficient (Wildman–Crippen LogP) is 2.43. The molecule has 0 spiro atoms. The number of nitrogens with one attached hydrogen (secondary N) is 2. The van der Waals surface area contributed by atoms with Gasteiger partial charge in [-0.1, -0.05) is 30.3 Å². The first-order valence-electron chi connectivity index (χ1n) is 9.51. The van der Waals surface area contributed by atoms with Crippen molar-refractivity contribution in [2.75, 3.05) is 32.3 Å². The van der Waals surface area contributed by atoms with Gasteiger partial charge in [0.05, 0.1) is 11.5 Å². The highest BCUT2D eigenvalue weighted by atomic mass is 32.2. The highest BCUT2D eigenvalue weighted by molar-refractivity contribution is 7.98. The van der Waals surface area contributed by atoms with Crippen molar-refractivity contribution in [1.29, 1.82) is 0 Å². The second-order valence-electron chi connectivity index (χ2n) is 6.47. The molecule has 1 atom stereocenters. The van der Waals surface area contributed by atoms with E-state index in [1.807, 2.05) is 30.5 Å². The zero-order valence-electron chi connectivity index (χ0n) is 17.2. The van der Waals surface area contributed by atoms with E-state index < -0.39 is 16.1 Å². The van der Waals surface area contributed by atoms with Crippen LogP contribution < -0.4 is 14.8 Å². The Morgan fingerprint density at radius 2 is 1.77 bits per heavy atom. The summed E-state index contributed by atoms with van der Waals surface area (Å²) in [5.41, 5.74) is 0.886. The molecule has 9 heteroatoms. The largest absolute Gasteiger partial charge is 0.491 e. The van der Waals surface area contributed by atoms with Gasteiger partial charge in [-0.05, 0) is 48.3 Å². The van der Waals surface area contributed by atoms with E-state index in [2.05, 4.69) is 10.0 Å². The minimum Gasteiger partial charge on any atom is -0.491 e. The van der Waals surface area contributed by atoms with Crippen molar-refractivity contribution < 1.29 is 22.7 Å². The number of carbonyl (C=O) groups is 1. The van der Waals surface area contributed by atoms with Crippen molar-refractivity contribution in [3.63, 3.8) is 0 Å². The number of rotatable bonds is 13. The number of amides is 1. The lowest BCUT2D eigenvalue weighted by molar-refractivity contribution is -0.122. The fraction of sp³-hybridized carbons (Fsp3) is 0.381. The third-order valence-corrected chi connectivity index (χ3v) is 6.36. The van der Waals surface area contributed by atoms with Crippen LogP contribution in [0.3, 0.4) is 0 Å². The molecule has 1 unspecified atom stereocenters. The third-order valence-electron chi connectivity index (χ3n) is 4.22. The molecule has 0 aliphatic carbocycles. The van der Waals surface area contributed by atoms with E-state index in [0.717, 1.165) is 11.3 Å². The first-order chi connectivity index (χ1) is 14.5. The van der Waals surface area contributed by atoms with Gasteiger partial charge in [-0.15, -0.1) is 0 Å². The molecule has 0 radical (unpaired) electrons. The Labute approximate surface area is 182 Å². The normalized spacial score (nSPS) is 12.3. The van der Waals surface area contributed by atoms with Gasteiger partial charge in [-0.3, -0.25) is 4.79 Å². The Balaban J connectivity index is 1.96. The van der Waals surface area contributed by atoms with Crippen molar-refractivity contribution in [2.24, 2.45) is 0 Å². The van der Waals surface area contributed by atoms with Crippen LogP contribution >= 0.6 is 11.8 Å². The zero-order valence-corrected chi connectivity index (χ0v) is 18.8. The summed E-state index contributed by atoms with van der Waals surface area (Å²) in [5.74, 6) is 1.02. The number of methoxy groups -OCH3 is 1. The Morgan fingerprint density at radius 1 is 1.07 bits per heavy atom. The Hall–Kier alpha value is -2.07. The van der Waals surface area contributed by atoms with Crippen LogP contribution in [-0.4, -0.2) is 52.7 Å². The number of benzene rings is 2. The Bertz CT molecular complexity index is 874. The summed E-state index contributed by atoms with van der Waals surface area (Å²) in [6, 6.07) is 14.5. The number of ether oxygens (including phenoxy) is 2. The minimum absolute atomic E-state index is 0.135. The standard InChI is InChI=1S/C21H28N2O5S2/c1-27-13-14-28-18-10-8-17(9-11-18)16-22-21(24)20(12-15-29-2)23-30(25,26)19-6-4-3-5-7-19/h3-11,20,23H,12-16H2,1-2H3,(H,22,24). The van der Waals surface area contributed by atoms with Gasteiger partial charge in [0.25, 0.3) is 0 Å². The van der Waals surface area contributed by atoms with Crippen LogP contribution in [0, 0.1) is 0 Å². The molecule has 1 amide bonds. The number of sulfonamides is 1. The van der Waals surface area contributed by atoms with E-state index in [0.29, 0.717) is 31.9 Å². The van der Waals surface area contributed by atoms with Gasteiger partial charge in [0.1, 0.15) is 18.4 Å². The molecular formula is C21H28N2O5S2. The van der Waals surface area contributed by atoms with Crippen LogP contribution in [-0.2, 0) is 26.1 Å². The van der Waals surface area contributed by atoms with Gasteiger partial charge in [0.15, 0.2) is 0 Å². The predicted molar refractivity (Wildman–Crippen MR) is 119 cm³/mol. The maximum absolute atomic E-state index is 12.7. The molecular weight excluding hydrogens is 424 g/mol. The molecule has 2 N–H and O–H groups in total. The van der Waals surface area contributed by atoms with Crippen LogP contribution in [0.15, 0.2) is 59.5 Å². The molecule has 2 aromatic carbocycles. The number of thioether (sulfide) groups is 1. The topological polar surface area (TPSA) is 93.7 Å². The molecule has 0 fully saturated rings. The SMILES string of the molecule is COCCOc1ccc(CNC(=O)C(CCSC)NS(=O)(=O)c2ccccc2)cc1. The lowest BCUT2D eigenvalue weighted by Gasteiger charge is -2.18. The van der Waals surface area contributed by atoms with Crippen LogP contribution in [0.25, 0.3) is 0 Å². The molecule has 2 rings (SSSR count). The maximum atomic E-state index is 12.7. The van der Waals surface area contributed by atoms with Crippen LogP contribution in [0.1, 0.15) is 12.0 Å². The fourth-order valence-electron chi connectivity index (χ4n) is 2.59. The summed E-state index contributed by atoms with van der Waals surface area (Å²) in [7, 11) is -2.17. The lowest BCUT2D eigenvalue weighted by atomic mass is 10.2. The molecule has 30 heavy (non-hydrogen) atoms. The maximum Gasteiger partial charge on any atom is 0.241 e. The lowest BCUT2D eigenvalue weighted by Crippen LogP contribution is -2.46. The number of hydrogen-bond acceptors (Lipinski definition) is 6. The fourth-order valence-corrected chi connectivity index (χ4v) is 4.32. The van der Waals surface area contributed by atoms with Crippen LogP contribution in [0.4, 0.5) is 0 Å². The van der Waals surface area contributed by atoms with E-state index in [1.165, 1.54) is 12.1 Å². The van der Waals surface area contributed by atoms with Crippen molar-refractivity contribution in [2.45, 2.75) is 23.9 Å². The van der Waals surface area contributed by atoms with Gasteiger partial charge in [0, 0.05) is 13.7 Å². The van der Waals surface area contributed by atoms with E-state index >= 15 is 0 Å². The molecule has 0 bridgehead atoms. The Morgan fingerprint density at radius 3 is 2.40 bits per heavy atom. The van der Waals surface area contributed by atoms with Crippen molar-refractivity contribution >= 4 is 27.7 Å². The summed E-state index contributed by atoms with van der Waals surface area (Å²) >= 11 is 1.56. The number of hydrogen-bond donors (Lipinski definition) is 2. The molecule has 0 saturated carbocycles. The van der Waals surface area contributed by atoms with Gasteiger partial charge in [-0.25, -0.2) is 8.42 Å². The molecule has 0 saturated heterocycles. The molecule has 164 valence electrons. The van der Waals surface area contributed by atoms with Gasteiger partial charge in [-0.2, -0.15) is 16.5 Å². The highest BCUT2D eigenvalue weighted by Crippen LogP contribution is 2.13. The summed E-state index contributed by atoms with van der Waals surface area (Å²) in [6.07, 6.45) is 2.31. The molecule has 0 aliphatic heterocycles. The smallest absolute Gasteiger partial charge is 0.241 e. The summed E-state index contributed by atoms with van der Waals surface area (Å²) in [6.45, 7) is 1.26. The summed E-state index contributed by atoms with van der Waals surface area (Å²) in [5, 5.41) is 2.82. The van der Waals surface area contributed by atoms with E-state index in [1.54, 1.807) is 37.1 Å². The average molecular weight is 453 g/mol. The van der Waals surface area contributed by atoms with Gasteiger partial charge >= 0.3 is 0 Å². The van der Waals surface area contributed by atoms with Gasteiger partial charge < -0.3 is 14.8 Å². The first kappa shape index (κ1) is 24.2. The molecule has 7 nitrogen and oxygen atoms in total. The van der Waals surface area contributed by atoms with Crippen molar-refractivity contribution in [3.05, 3.63) is 60.2 Å². The van der Waals surface area contributed by atoms with Crippen LogP contribution in [0.2, 0.25) is 0 Å². The average Bonchev–Trinajstić information content (AvgIpc) is 2.76. The second-order valence-corrected chi connectivity index (χ2v) is 9.17. The number of carbonyl (C=O) groups excluding carboxylic acids is 1. The summed E-state index contributed by atoms with van der Waals surface area (Å²) < 4.78 is 38.2. The van der Waals surface area contributed by atoms with Crippen LogP contribution in [0.5, 0.6) is 5.75 Å². The minimum atomic E-state index is -3.78. The van der Waals surface area contributed by atoms with E-state index in [9.17, 15) is 13.2 Å². The Kier molecular flexibility index (Phi) is 10.2. The van der Waals surface area contributed by atoms with Gasteiger partial charge in [0.2, 0.25) is 15.9 Å². The second kappa shape index (κ2) is 12.6. The molecule has 2 aromatic rings. The molecule has 0 aliphatic rings. The van der Waals surface area contributed by atoms with Crippen molar-refractivity contribution in [3.8, 4) is 5.75 Å². The highest BCUT2D eigenvalue weighted by Gasteiger charge is 2.25. The zero-order chi connectivity index (χ0) is 21.8. The van der Waals surface area contributed by atoms with E-state index in [-0.39, 0.29) is 10.8 Å². The van der Waals surface area contributed by atoms with Crippen molar-refractivity contribution in [1.82, 2.24) is 10.0 Å². The summed E-state index contributed by atoms with van der Waals surface area (Å²) in [4.78, 5) is 12.8. The van der Waals surface area contributed by atoms with E-state index in [4.69, 9.17) is 9.47 Å². The third kappa shape index (κ3) is 7.98. The molecule has 0 aromatic heterocycles. The first-order valence-corrected chi connectivity index (χ1v) is 12.4. The molecule has 0 heterocycles. The quantitative estimate of drug-likeness (QED) is 0.454.